The van der Waals surface area contributed by atoms with Crippen LogP contribution in [0.3, 0.4) is 0 Å². The van der Waals surface area contributed by atoms with E-state index < -0.39 is 0 Å². The van der Waals surface area contributed by atoms with Gasteiger partial charge in [-0.15, -0.1) is 0 Å². The van der Waals surface area contributed by atoms with Gasteiger partial charge in [0.05, 0.1) is 6.26 Å². The first-order valence-electron chi connectivity index (χ1n) is 6.28. The fraction of sp³-hybridized carbons (Fsp3) is 0.467. The largest absolute Gasteiger partial charge is 0.464 e. The molecule has 0 saturated carbocycles. The maximum absolute atomic E-state index is 13.4. The Morgan fingerprint density at radius 1 is 1.28 bits per heavy atom. The molecule has 1 heterocycles. The van der Waals surface area contributed by atoms with E-state index in [0.29, 0.717) is 0 Å². The average Bonchev–Trinajstić information content (AvgIpc) is 2.60. The van der Waals surface area contributed by atoms with E-state index in [1.165, 1.54) is 6.07 Å². The summed E-state index contributed by atoms with van der Waals surface area (Å²) in [5, 5.41) is 4.31. The van der Waals surface area contributed by atoms with Crippen LogP contribution in [-0.2, 0) is 6.42 Å². The lowest BCUT2D eigenvalue weighted by molar-refractivity contribution is 0.429. The van der Waals surface area contributed by atoms with Crippen molar-refractivity contribution in [1.82, 2.24) is 5.32 Å². The van der Waals surface area contributed by atoms with Crippen molar-refractivity contribution in [2.24, 2.45) is 0 Å². The maximum Gasteiger partial charge on any atom is 0.137 e. The molecule has 1 N–H and O–H groups in total. The molecule has 0 aliphatic heterocycles. The number of nitrogens with one attached hydrogen (secondary N) is 1. The van der Waals surface area contributed by atoms with Gasteiger partial charge in [0, 0.05) is 10.9 Å². The van der Waals surface area contributed by atoms with Crippen LogP contribution in [0, 0.1) is 12.7 Å². The van der Waals surface area contributed by atoms with Crippen LogP contribution in [0.1, 0.15) is 31.9 Å². The van der Waals surface area contributed by atoms with Gasteiger partial charge in [-0.1, -0.05) is 0 Å². The zero-order valence-corrected chi connectivity index (χ0v) is 11.4. The fourth-order valence-corrected chi connectivity index (χ4v) is 2.08. The first kappa shape index (κ1) is 13.1. The molecule has 0 atom stereocenters. The standard InChI is InChI=1S/C15H20FNO/c1-10-7-12(16)8-13-11(9-18-14(10)13)5-6-17-15(2,3)4/h7-9,17H,5-6H2,1-4H3. The number of aryl methyl sites for hydroxylation is 1. The van der Waals surface area contributed by atoms with Gasteiger partial charge in [-0.05, 0) is 63.9 Å². The third kappa shape index (κ3) is 2.91. The van der Waals surface area contributed by atoms with Crippen LogP contribution in [0.2, 0.25) is 0 Å². The molecule has 0 aliphatic rings. The van der Waals surface area contributed by atoms with Gasteiger partial charge in [-0.25, -0.2) is 4.39 Å². The number of benzene rings is 1. The smallest absolute Gasteiger partial charge is 0.137 e. The van der Waals surface area contributed by atoms with Crippen molar-refractivity contribution in [1.29, 1.82) is 0 Å². The Hall–Kier alpha value is -1.35. The Morgan fingerprint density at radius 2 is 2.00 bits per heavy atom. The number of hydrogen-bond acceptors (Lipinski definition) is 2. The van der Waals surface area contributed by atoms with Gasteiger partial charge < -0.3 is 9.73 Å². The molecular weight excluding hydrogens is 229 g/mol. The van der Waals surface area contributed by atoms with Crippen LogP contribution < -0.4 is 5.32 Å². The molecule has 98 valence electrons. The number of hydrogen-bond donors (Lipinski definition) is 1. The summed E-state index contributed by atoms with van der Waals surface area (Å²) in [7, 11) is 0. The highest BCUT2D eigenvalue weighted by Gasteiger charge is 2.12. The second-order valence-electron chi connectivity index (χ2n) is 5.79. The molecule has 0 amide bonds. The van der Waals surface area contributed by atoms with Gasteiger partial charge in [0.1, 0.15) is 11.4 Å². The SMILES string of the molecule is Cc1cc(F)cc2c(CCNC(C)(C)C)coc12. The van der Waals surface area contributed by atoms with E-state index in [1.54, 1.807) is 12.3 Å². The Balaban J connectivity index is 2.19. The minimum Gasteiger partial charge on any atom is -0.464 e. The molecule has 1 aromatic carbocycles. The van der Waals surface area contributed by atoms with Crippen LogP contribution in [0.25, 0.3) is 11.0 Å². The summed E-state index contributed by atoms with van der Waals surface area (Å²) in [6.07, 6.45) is 2.58. The first-order valence-corrected chi connectivity index (χ1v) is 6.28. The molecule has 0 radical (unpaired) electrons. The molecule has 3 heteroatoms. The zero-order chi connectivity index (χ0) is 13.3. The third-order valence-electron chi connectivity index (χ3n) is 2.95. The Bertz CT molecular complexity index is 551. The molecule has 0 fully saturated rings. The Morgan fingerprint density at radius 3 is 2.67 bits per heavy atom. The highest BCUT2D eigenvalue weighted by Crippen LogP contribution is 2.25. The van der Waals surface area contributed by atoms with Crippen LogP contribution in [0.15, 0.2) is 22.8 Å². The van der Waals surface area contributed by atoms with E-state index in [-0.39, 0.29) is 11.4 Å². The van der Waals surface area contributed by atoms with Gasteiger partial charge in [-0.3, -0.25) is 0 Å². The number of halogens is 1. The van der Waals surface area contributed by atoms with Gasteiger partial charge in [0.15, 0.2) is 0 Å². The van der Waals surface area contributed by atoms with Crippen LogP contribution in [0.4, 0.5) is 4.39 Å². The average molecular weight is 249 g/mol. The van der Waals surface area contributed by atoms with Crippen LogP contribution >= 0.6 is 0 Å². The predicted octanol–water partition coefficient (Wildman–Crippen LogP) is 3.81. The van der Waals surface area contributed by atoms with Crippen molar-refractivity contribution < 1.29 is 8.81 Å². The molecule has 2 nitrogen and oxygen atoms in total. The summed E-state index contributed by atoms with van der Waals surface area (Å²) in [5.74, 6) is -0.202. The summed E-state index contributed by atoms with van der Waals surface area (Å²) < 4.78 is 18.9. The van der Waals surface area contributed by atoms with Crippen molar-refractivity contribution in [2.45, 2.75) is 39.7 Å². The fourth-order valence-electron chi connectivity index (χ4n) is 2.08. The molecule has 1 aromatic heterocycles. The number of fused-ring (bicyclic) bond motifs is 1. The summed E-state index contributed by atoms with van der Waals surface area (Å²) in [6.45, 7) is 9.11. The van der Waals surface area contributed by atoms with Crippen LogP contribution in [0.5, 0.6) is 0 Å². The number of rotatable bonds is 3. The van der Waals surface area contributed by atoms with Crippen LogP contribution in [-0.4, -0.2) is 12.1 Å². The maximum atomic E-state index is 13.4. The first-order chi connectivity index (χ1) is 8.37. The highest BCUT2D eigenvalue weighted by molar-refractivity contribution is 5.83. The molecular formula is C15H20FNO. The van der Waals surface area contributed by atoms with E-state index in [0.717, 1.165) is 35.1 Å². The van der Waals surface area contributed by atoms with E-state index in [4.69, 9.17) is 4.42 Å². The molecule has 0 aliphatic carbocycles. The van der Waals surface area contributed by atoms with E-state index >= 15 is 0 Å². The lowest BCUT2D eigenvalue weighted by atomic mass is 10.1. The lowest BCUT2D eigenvalue weighted by Crippen LogP contribution is -2.37. The molecule has 0 spiro atoms. The minimum absolute atomic E-state index is 0.0979. The quantitative estimate of drug-likeness (QED) is 0.894. The lowest BCUT2D eigenvalue weighted by Gasteiger charge is -2.20. The zero-order valence-electron chi connectivity index (χ0n) is 11.4. The van der Waals surface area contributed by atoms with Gasteiger partial charge >= 0.3 is 0 Å². The molecule has 2 aromatic rings. The van der Waals surface area contributed by atoms with Crippen molar-refractivity contribution in [3.05, 3.63) is 35.3 Å². The summed E-state index contributed by atoms with van der Waals surface area (Å²) >= 11 is 0. The van der Waals surface area contributed by atoms with Gasteiger partial charge in [-0.2, -0.15) is 0 Å². The van der Waals surface area contributed by atoms with Crippen molar-refractivity contribution in [3.63, 3.8) is 0 Å². The Kier molecular flexibility index (Phi) is 3.44. The molecule has 2 rings (SSSR count). The van der Waals surface area contributed by atoms with Crippen molar-refractivity contribution >= 4 is 11.0 Å². The van der Waals surface area contributed by atoms with Crippen molar-refractivity contribution in [3.8, 4) is 0 Å². The molecule has 18 heavy (non-hydrogen) atoms. The van der Waals surface area contributed by atoms with E-state index in [2.05, 4.69) is 26.1 Å². The minimum atomic E-state index is -0.202. The number of furan rings is 1. The second kappa shape index (κ2) is 4.73. The van der Waals surface area contributed by atoms with E-state index in [1.807, 2.05) is 6.92 Å². The highest BCUT2D eigenvalue weighted by atomic mass is 19.1. The van der Waals surface area contributed by atoms with Gasteiger partial charge in [0.25, 0.3) is 0 Å². The topological polar surface area (TPSA) is 25.2 Å². The molecule has 0 unspecified atom stereocenters. The third-order valence-corrected chi connectivity index (χ3v) is 2.95. The summed E-state index contributed by atoms with van der Waals surface area (Å²) in [6, 6.07) is 3.06. The molecule has 0 saturated heterocycles. The summed E-state index contributed by atoms with van der Waals surface area (Å²) in [4.78, 5) is 0. The second-order valence-corrected chi connectivity index (χ2v) is 5.79. The van der Waals surface area contributed by atoms with Crippen molar-refractivity contribution in [2.75, 3.05) is 6.54 Å². The monoisotopic (exact) mass is 249 g/mol. The summed E-state index contributed by atoms with van der Waals surface area (Å²) in [5.41, 5.74) is 2.80. The Labute approximate surface area is 107 Å². The normalized spacial score (nSPS) is 12.3. The predicted molar refractivity (Wildman–Crippen MR) is 72.4 cm³/mol. The van der Waals surface area contributed by atoms with E-state index in [9.17, 15) is 4.39 Å². The molecule has 0 bridgehead atoms. The van der Waals surface area contributed by atoms with Gasteiger partial charge in [0.2, 0.25) is 0 Å².